The second kappa shape index (κ2) is 9.53. The number of nitrogens with zero attached hydrogens (tertiary/aromatic N) is 3. The number of amides is 2. The number of rotatable bonds is 6. The van der Waals surface area contributed by atoms with E-state index in [1.165, 1.54) is 25.3 Å². The molecule has 0 spiro atoms. The van der Waals surface area contributed by atoms with Gasteiger partial charge in [-0.2, -0.15) is 0 Å². The van der Waals surface area contributed by atoms with Gasteiger partial charge in [-0.3, -0.25) is 9.59 Å². The van der Waals surface area contributed by atoms with Crippen LogP contribution in [0.5, 0.6) is 5.75 Å². The molecule has 0 atom stereocenters. The average molecular weight is 459 g/mol. The van der Waals surface area contributed by atoms with Crippen molar-refractivity contribution in [2.24, 2.45) is 0 Å². The van der Waals surface area contributed by atoms with Gasteiger partial charge in [-0.1, -0.05) is 23.4 Å². The zero-order valence-corrected chi connectivity index (χ0v) is 18.8. The van der Waals surface area contributed by atoms with Crippen molar-refractivity contribution in [1.29, 1.82) is 0 Å². The number of methoxy groups -OCH3 is 1. The predicted molar refractivity (Wildman–Crippen MR) is 126 cm³/mol. The molecule has 0 aliphatic heterocycles. The van der Waals surface area contributed by atoms with Crippen molar-refractivity contribution < 1.29 is 18.7 Å². The molecular weight excluding hydrogens is 437 g/mol. The van der Waals surface area contributed by atoms with Crippen LogP contribution in [-0.4, -0.2) is 33.9 Å². The summed E-state index contributed by atoms with van der Waals surface area (Å²) in [5.41, 5.74) is 3.48. The number of hydrogen-bond acceptors (Lipinski definition) is 5. The van der Waals surface area contributed by atoms with Gasteiger partial charge in [-0.25, -0.2) is 9.07 Å². The van der Waals surface area contributed by atoms with Crippen LogP contribution in [0.2, 0.25) is 0 Å². The van der Waals surface area contributed by atoms with Crippen molar-refractivity contribution in [1.82, 2.24) is 15.0 Å². The zero-order chi connectivity index (χ0) is 24.2. The Morgan fingerprint density at radius 2 is 1.74 bits per heavy atom. The third-order valence-corrected chi connectivity index (χ3v) is 5.15. The molecule has 8 nitrogen and oxygen atoms in total. The third-order valence-electron chi connectivity index (χ3n) is 5.15. The standard InChI is InChI=1S/C25H22FN5O3/c1-15-6-4-9-20(12-15)31-16(2)23(29-30-31)25(33)27-19-10-11-22(34-3)21(14-19)28-24(32)17-7-5-8-18(26)13-17/h4-14H,1-3H3,(H,27,33)(H,28,32). The second-order valence-corrected chi connectivity index (χ2v) is 7.61. The van der Waals surface area contributed by atoms with Gasteiger partial charge in [0.15, 0.2) is 5.69 Å². The van der Waals surface area contributed by atoms with Gasteiger partial charge in [0.2, 0.25) is 0 Å². The highest BCUT2D eigenvalue weighted by Crippen LogP contribution is 2.29. The molecule has 0 radical (unpaired) electrons. The average Bonchev–Trinajstić information content (AvgIpc) is 3.20. The van der Waals surface area contributed by atoms with Gasteiger partial charge in [0, 0.05) is 11.3 Å². The Balaban J connectivity index is 1.55. The quantitative estimate of drug-likeness (QED) is 0.441. The van der Waals surface area contributed by atoms with Crippen LogP contribution in [-0.2, 0) is 0 Å². The fourth-order valence-corrected chi connectivity index (χ4v) is 3.44. The summed E-state index contributed by atoms with van der Waals surface area (Å²) in [5, 5.41) is 13.6. The van der Waals surface area contributed by atoms with Gasteiger partial charge in [0.05, 0.1) is 24.2 Å². The number of aryl methyl sites for hydroxylation is 1. The number of ether oxygens (including phenoxy) is 1. The number of benzene rings is 3. The van der Waals surface area contributed by atoms with Crippen LogP contribution in [0.15, 0.2) is 66.7 Å². The van der Waals surface area contributed by atoms with Crippen molar-refractivity contribution >= 4 is 23.2 Å². The number of carbonyl (C=O) groups excluding carboxylic acids is 2. The lowest BCUT2D eigenvalue weighted by Gasteiger charge is -2.13. The maximum Gasteiger partial charge on any atom is 0.278 e. The van der Waals surface area contributed by atoms with E-state index in [0.29, 0.717) is 22.8 Å². The second-order valence-electron chi connectivity index (χ2n) is 7.61. The molecule has 0 aliphatic rings. The highest BCUT2D eigenvalue weighted by Gasteiger charge is 2.19. The molecule has 3 aromatic carbocycles. The van der Waals surface area contributed by atoms with Crippen LogP contribution in [0.1, 0.15) is 32.1 Å². The molecular formula is C25H22FN5O3. The molecule has 34 heavy (non-hydrogen) atoms. The lowest BCUT2D eigenvalue weighted by Crippen LogP contribution is -2.16. The van der Waals surface area contributed by atoms with E-state index in [9.17, 15) is 14.0 Å². The first kappa shape index (κ1) is 22.7. The van der Waals surface area contributed by atoms with Gasteiger partial charge >= 0.3 is 0 Å². The Kier molecular flexibility index (Phi) is 6.35. The molecule has 0 aliphatic carbocycles. The normalized spacial score (nSPS) is 10.6. The molecule has 9 heteroatoms. The Morgan fingerprint density at radius 1 is 0.941 bits per heavy atom. The third kappa shape index (κ3) is 4.78. The van der Waals surface area contributed by atoms with Crippen LogP contribution in [0.3, 0.4) is 0 Å². The minimum absolute atomic E-state index is 0.153. The summed E-state index contributed by atoms with van der Waals surface area (Å²) in [6, 6.07) is 17.8. The number of halogens is 1. The van der Waals surface area contributed by atoms with E-state index in [2.05, 4.69) is 20.9 Å². The van der Waals surface area contributed by atoms with Crippen LogP contribution in [0.4, 0.5) is 15.8 Å². The van der Waals surface area contributed by atoms with Crippen molar-refractivity contribution in [2.75, 3.05) is 17.7 Å². The Morgan fingerprint density at radius 3 is 2.47 bits per heavy atom. The highest BCUT2D eigenvalue weighted by atomic mass is 19.1. The Hall–Kier alpha value is -4.53. The molecule has 0 saturated carbocycles. The highest BCUT2D eigenvalue weighted by molar-refractivity contribution is 6.06. The Bertz CT molecular complexity index is 1380. The molecule has 0 saturated heterocycles. The number of hydrogen-bond donors (Lipinski definition) is 2. The molecule has 0 fully saturated rings. The van der Waals surface area contributed by atoms with E-state index in [4.69, 9.17) is 4.74 Å². The SMILES string of the molecule is COc1ccc(NC(=O)c2nnn(-c3cccc(C)c3)c2C)cc1NC(=O)c1cccc(F)c1. The molecule has 1 heterocycles. The summed E-state index contributed by atoms with van der Waals surface area (Å²) >= 11 is 0. The minimum Gasteiger partial charge on any atom is -0.495 e. The minimum atomic E-state index is -0.519. The van der Waals surface area contributed by atoms with Crippen LogP contribution < -0.4 is 15.4 Å². The fourth-order valence-electron chi connectivity index (χ4n) is 3.44. The summed E-state index contributed by atoms with van der Waals surface area (Å²) in [6.07, 6.45) is 0. The van der Waals surface area contributed by atoms with Gasteiger partial charge < -0.3 is 15.4 Å². The smallest absolute Gasteiger partial charge is 0.278 e. The van der Waals surface area contributed by atoms with Gasteiger partial charge in [-0.15, -0.1) is 5.10 Å². The lowest BCUT2D eigenvalue weighted by molar-refractivity contribution is 0.101. The maximum absolute atomic E-state index is 13.5. The summed E-state index contributed by atoms with van der Waals surface area (Å²) in [6.45, 7) is 3.73. The van der Waals surface area contributed by atoms with Crippen molar-refractivity contribution in [3.05, 3.63) is 95.1 Å². The summed E-state index contributed by atoms with van der Waals surface area (Å²) in [7, 11) is 1.46. The van der Waals surface area contributed by atoms with Crippen molar-refractivity contribution in [2.45, 2.75) is 13.8 Å². The van der Waals surface area contributed by atoms with E-state index >= 15 is 0 Å². The lowest BCUT2D eigenvalue weighted by atomic mass is 10.2. The van der Waals surface area contributed by atoms with Gasteiger partial charge in [-0.05, 0) is 67.9 Å². The molecule has 0 bridgehead atoms. The van der Waals surface area contributed by atoms with Crippen LogP contribution in [0.25, 0.3) is 5.69 Å². The molecule has 1 aromatic heterocycles. The monoisotopic (exact) mass is 459 g/mol. The van der Waals surface area contributed by atoms with E-state index in [1.54, 1.807) is 29.8 Å². The topological polar surface area (TPSA) is 98.1 Å². The van der Waals surface area contributed by atoms with Gasteiger partial charge in [0.25, 0.3) is 11.8 Å². The predicted octanol–water partition coefficient (Wildman–Crippen LogP) is 4.54. The van der Waals surface area contributed by atoms with Crippen LogP contribution in [0, 0.1) is 19.7 Å². The largest absolute Gasteiger partial charge is 0.495 e. The molecule has 2 amide bonds. The molecule has 4 aromatic rings. The van der Waals surface area contributed by atoms with Crippen LogP contribution >= 0.6 is 0 Å². The fraction of sp³-hybridized carbons (Fsp3) is 0.120. The first-order chi connectivity index (χ1) is 16.4. The van der Waals surface area contributed by atoms with E-state index in [-0.39, 0.29) is 11.3 Å². The number of nitrogens with one attached hydrogen (secondary N) is 2. The summed E-state index contributed by atoms with van der Waals surface area (Å²) in [5.74, 6) is -1.11. The van der Waals surface area contributed by atoms with Crippen molar-refractivity contribution in [3.63, 3.8) is 0 Å². The van der Waals surface area contributed by atoms with E-state index in [1.807, 2.05) is 31.2 Å². The van der Waals surface area contributed by atoms with Crippen molar-refractivity contribution in [3.8, 4) is 11.4 Å². The van der Waals surface area contributed by atoms with Gasteiger partial charge in [0.1, 0.15) is 11.6 Å². The zero-order valence-electron chi connectivity index (χ0n) is 18.8. The molecule has 0 unspecified atom stereocenters. The summed E-state index contributed by atoms with van der Waals surface area (Å²) < 4.78 is 20.4. The maximum atomic E-state index is 13.5. The molecule has 4 rings (SSSR count). The first-order valence-electron chi connectivity index (χ1n) is 10.4. The van der Waals surface area contributed by atoms with E-state index < -0.39 is 17.6 Å². The molecule has 2 N–H and O–H groups in total. The molecule has 172 valence electrons. The number of anilines is 2. The summed E-state index contributed by atoms with van der Waals surface area (Å²) in [4.78, 5) is 25.5. The Labute approximate surface area is 195 Å². The number of aromatic nitrogens is 3. The number of carbonyl (C=O) groups is 2. The van der Waals surface area contributed by atoms with E-state index in [0.717, 1.165) is 17.3 Å². The first-order valence-corrected chi connectivity index (χ1v) is 10.4.